The normalized spacial score (nSPS) is 19.8. The molecular formula is C14H25N3O. The van der Waals surface area contributed by atoms with Crippen LogP contribution in [0, 0.1) is 5.41 Å². The summed E-state index contributed by atoms with van der Waals surface area (Å²) < 4.78 is 5.40. The standard InChI is InChI=1S/C14H25N3O/c1-6-15-10(13(2,3)4)9-11-16-12(17-18-11)14(5)7-8-14/h10,15H,6-9H2,1-5H3. The van der Waals surface area contributed by atoms with Gasteiger partial charge in [-0.1, -0.05) is 39.8 Å². The first kappa shape index (κ1) is 13.5. The quantitative estimate of drug-likeness (QED) is 0.874. The van der Waals surface area contributed by atoms with Crippen LogP contribution >= 0.6 is 0 Å². The number of hydrogen-bond donors (Lipinski definition) is 1. The highest BCUT2D eigenvalue weighted by molar-refractivity contribution is 5.14. The van der Waals surface area contributed by atoms with E-state index < -0.39 is 0 Å². The van der Waals surface area contributed by atoms with Crippen molar-refractivity contribution in [2.45, 2.75) is 65.3 Å². The molecule has 4 nitrogen and oxygen atoms in total. The maximum atomic E-state index is 5.40. The highest BCUT2D eigenvalue weighted by Crippen LogP contribution is 2.46. The van der Waals surface area contributed by atoms with E-state index in [1.165, 1.54) is 12.8 Å². The Labute approximate surface area is 110 Å². The molecule has 0 saturated heterocycles. The fourth-order valence-corrected chi connectivity index (χ4v) is 2.10. The van der Waals surface area contributed by atoms with Gasteiger partial charge < -0.3 is 9.84 Å². The van der Waals surface area contributed by atoms with Gasteiger partial charge >= 0.3 is 0 Å². The molecule has 1 fully saturated rings. The Balaban J connectivity index is 2.05. The van der Waals surface area contributed by atoms with Gasteiger partial charge in [-0.2, -0.15) is 4.98 Å². The highest BCUT2D eigenvalue weighted by atomic mass is 16.5. The largest absolute Gasteiger partial charge is 0.339 e. The monoisotopic (exact) mass is 251 g/mol. The highest BCUT2D eigenvalue weighted by Gasteiger charge is 2.43. The van der Waals surface area contributed by atoms with Gasteiger partial charge in [0.15, 0.2) is 5.82 Å². The number of nitrogens with zero attached hydrogens (tertiary/aromatic N) is 2. The lowest BCUT2D eigenvalue weighted by Gasteiger charge is -2.30. The molecule has 1 unspecified atom stereocenters. The van der Waals surface area contributed by atoms with Gasteiger partial charge in [0, 0.05) is 17.9 Å². The number of rotatable bonds is 5. The molecule has 0 aromatic carbocycles. The molecule has 18 heavy (non-hydrogen) atoms. The molecule has 102 valence electrons. The second-order valence-electron chi connectivity index (χ2n) is 6.75. The Hall–Kier alpha value is -0.900. The maximum absolute atomic E-state index is 5.40. The molecular weight excluding hydrogens is 226 g/mol. The van der Waals surface area contributed by atoms with Crippen molar-refractivity contribution in [2.24, 2.45) is 5.41 Å². The van der Waals surface area contributed by atoms with E-state index in [0.29, 0.717) is 6.04 Å². The van der Waals surface area contributed by atoms with Crippen molar-refractivity contribution in [1.82, 2.24) is 15.5 Å². The zero-order valence-corrected chi connectivity index (χ0v) is 12.2. The van der Waals surface area contributed by atoms with Crippen LogP contribution in [0.3, 0.4) is 0 Å². The fraction of sp³-hybridized carbons (Fsp3) is 0.857. The van der Waals surface area contributed by atoms with Crippen molar-refractivity contribution in [3.05, 3.63) is 11.7 Å². The molecule has 1 aromatic rings. The van der Waals surface area contributed by atoms with Crippen molar-refractivity contribution < 1.29 is 4.52 Å². The minimum Gasteiger partial charge on any atom is -0.339 e. The first-order valence-electron chi connectivity index (χ1n) is 6.91. The number of aromatic nitrogens is 2. The summed E-state index contributed by atoms with van der Waals surface area (Å²) >= 11 is 0. The van der Waals surface area contributed by atoms with Crippen LogP contribution in [0.4, 0.5) is 0 Å². The van der Waals surface area contributed by atoms with E-state index in [0.717, 1.165) is 24.7 Å². The molecule has 1 aliphatic carbocycles. The lowest BCUT2D eigenvalue weighted by Crippen LogP contribution is -2.42. The topological polar surface area (TPSA) is 51.0 Å². The molecule has 1 atom stereocenters. The van der Waals surface area contributed by atoms with Crippen LogP contribution < -0.4 is 5.32 Å². The van der Waals surface area contributed by atoms with Crippen LogP contribution in [0.1, 0.15) is 59.2 Å². The van der Waals surface area contributed by atoms with Crippen LogP contribution in [-0.4, -0.2) is 22.7 Å². The summed E-state index contributed by atoms with van der Waals surface area (Å²) in [7, 11) is 0. The SMILES string of the molecule is CCNC(Cc1nc(C2(C)CC2)no1)C(C)(C)C. The van der Waals surface area contributed by atoms with Gasteiger partial charge in [0.2, 0.25) is 5.89 Å². The number of nitrogens with one attached hydrogen (secondary N) is 1. The molecule has 1 heterocycles. The maximum Gasteiger partial charge on any atom is 0.228 e. The third-order valence-electron chi connectivity index (χ3n) is 3.88. The molecule has 0 radical (unpaired) electrons. The summed E-state index contributed by atoms with van der Waals surface area (Å²) in [5, 5.41) is 7.64. The Bertz CT molecular complexity index is 401. The molecule has 1 aromatic heterocycles. The van der Waals surface area contributed by atoms with Crippen LogP contribution in [0.5, 0.6) is 0 Å². The first-order valence-corrected chi connectivity index (χ1v) is 6.91. The lowest BCUT2D eigenvalue weighted by molar-refractivity contribution is 0.247. The zero-order chi connectivity index (χ0) is 13.4. The lowest BCUT2D eigenvalue weighted by atomic mass is 9.84. The Morgan fingerprint density at radius 1 is 1.39 bits per heavy atom. The van der Waals surface area contributed by atoms with E-state index in [4.69, 9.17) is 4.52 Å². The van der Waals surface area contributed by atoms with Crippen molar-refractivity contribution in [2.75, 3.05) is 6.54 Å². The summed E-state index contributed by atoms with van der Waals surface area (Å²) in [5.74, 6) is 1.65. The van der Waals surface area contributed by atoms with Crippen LogP contribution in [0.2, 0.25) is 0 Å². The molecule has 1 aliphatic rings. The second-order valence-corrected chi connectivity index (χ2v) is 6.75. The molecule has 2 rings (SSSR count). The molecule has 0 amide bonds. The molecule has 0 bridgehead atoms. The van der Waals surface area contributed by atoms with Gasteiger partial charge in [-0.15, -0.1) is 0 Å². The minimum atomic E-state index is 0.189. The molecule has 1 N–H and O–H groups in total. The van der Waals surface area contributed by atoms with Crippen molar-refractivity contribution in [3.8, 4) is 0 Å². The Morgan fingerprint density at radius 3 is 2.56 bits per heavy atom. The zero-order valence-electron chi connectivity index (χ0n) is 12.2. The van der Waals surface area contributed by atoms with E-state index in [1.807, 2.05) is 0 Å². The van der Waals surface area contributed by atoms with E-state index >= 15 is 0 Å². The predicted octanol–water partition coefficient (Wildman–Crippen LogP) is 2.69. The van der Waals surface area contributed by atoms with Gasteiger partial charge in [0.1, 0.15) is 0 Å². The number of likely N-dealkylation sites (N-methyl/N-ethyl adjacent to an activating group) is 1. The van der Waals surface area contributed by atoms with Crippen molar-refractivity contribution in [3.63, 3.8) is 0 Å². The fourth-order valence-electron chi connectivity index (χ4n) is 2.10. The Morgan fingerprint density at radius 2 is 2.06 bits per heavy atom. The van der Waals surface area contributed by atoms with Crippen LogP contribution in [-0.2, 0) is 11.8 Å². The van der Waals surface area contributed by atoms with Gasteiger partial charge in [-0.05, 0) is 24.8 Å². The third kappa shape index (κ3) is 2.91. The number of hydrogen-bond acceptors (Lipinski definition) is 4. The van der Waals surface area contributed by atoms with Gasteiger partial charge in [0.25, 0.3) is 0 Å². The smallest absolute Gasteiger partial charge is 0.228 e. The summed E-state index contributed by atoms with van der Waals surface area (Å²) in [6.45, 7) is 12.0. The average Bonchev–Trinajstić information content (AvgIpc) is 2.85. The van der Waals surface area contributed by atoms with E-state index in [9.17, 15) is 0 Å². The average molecular weight is 251 g/mol. The second kappa shape index (κ2) is 4.65. The summed E-state index contributed by atoms with van der Waals surface area (Å²) in [6, 6.07) is 0.364. The molecule has 0 spiro atoms. The van der Waals surface area contributed by atoms with Crippen LogP contribution in [0.25, 0.3) is 0 Å². The van der Waals surface area contributed by atoms with E-state index in [-0.39, 0.29) is 10.8 Å². The predicted molar refractivity (Wildman–Crippen MR) is 71.5 cm³/mol. The summed E-state index contributed by atoms with van der Waals surface area (Å²) in [5.41, 5.74) is 0.380. The first-order chi connectivity index (χ1) is 8.35. The van der Waals surface area contributed by atoms with Gasteiger partial charge in [0.05, 0.1) is 0 Å². The summed E-state index contributed by atoms with van der Waals surface area (Å²) in [6.07, 6.45) is 3.17. The molecule has 4 heteroatoms. The van der Waals surface area contributed by atoms with Crippen molar-refractivity contribution in [1.29, 1.82) is 0 Å². The summed E-state index contributed by atoms with van der Waals surface area (Å²) in [4.78, 5) is 4.56. The van der Waals surface area contributed by atoms with E-state index in [2.05, 4.69) is 50.1 Å². The minimum absolute atomic E-state index is 0.189. The molecule has 1 saturated carbocycles. The van der Waals surface area contributed by atoms with E-state index in [1.54, 1.807) is 0 Å². The Kier molecular flexibility index (Phi) is 3.49. The van der Waals surface area contributed by atoms with Gasteiger partial charge in [-0.25, -0.2) is 0 Å². The van der Waals surface area contributed by atoms with Gasteiger partial charge in [-0.3, -0.25) is 0 Å². The van der Waals surface area contributed by atoms with Crippen LogP contribution in [0.15, 0.2) is 4.52 Å². The third-order valence-corrected chi connectivity index (χ3v) is 3.88. The van der Waals surface area contributed by atoms with Crippen molar-refractivity contribution >= 4 is 0 Å². The molecule has 0 aliphatic heterocycles.